The average Bonchev–Trinajstić information content (AvgIpc) is 2.52. The minimum atomic E-state index is 0.222. The summed E-state index contributed by atoms with van der Waals surface area (Å²) in [6, 6.07) is 0.652. The van der Waals surface area contributed by atoms with Gasteiger partial charge in [-0.1, -0.05) is 13.3 Å². The van der Waals surface area contributed by atoms with Crippen LogP contribution in [0.3, 0.4) is 0 Å². The molecule has 2 N–H and O–H groups in total. The topological polar surface area (TPSA) is 54.1 Å². The second kappa shape index (κ2) is 6.97. The lowest BCUT2D eigenvalue weighted by Crippen LogP contribution is -2.52. The first kappa shape index (κ1) is 15.1. The molecular weight excluding hydrogens is 264 g/mol. The molecule has 0 saturated carbocycles. The van der Waals surface area contributed by atoms with Gasteiger partial charge in [0.2, 0.25) is 0 Å². The molecule has 5 nitrogen and oxygen atoms in total. The number of nitrogens with zero attached hydrogens (tertiary/aromatic N) is 3. The van der Waals surface area contributed by atoms with Crippen LogP contribution in [0, 0.1) is 5.92 Å². The molecule has 0 bridgehead atoms. The number of piperidine rings is 2. The molecule has 3 heterocycles. The van der Waals surface area contributed by atoms with Gasteiger partial charge in [-0.3, -0.25) is 9.89 Å². The molecule has 3 saturated heterocycles. The Kier molecular flexibility index (Phi) is 5.01. The van der Waals surface area contributed by atoms with E-state index in [2.05, 4.69) is 21.7 Å². The molecule has 3 fully saturated rings. The van der Waals surface area contributed by atoms with Crippen LogP contribution in [0.5, 0.6) is 0 Å². The molecular formula is C16H30N4O. The van der Waals surface area contributed by atoms with Crippen molar-refractivity contribution < 1.29 is 4.74 Å². The summed E-state index contributed by atoms with van der Waals surface area (Å²) in [4.78, 5) is 9.44. The molecule has 3 unspecified atom stereocenters. The molecule has 3 aliphatic heterocycles. The summed E-state index contributed by atoms with van der Waals surface area (Å²) in [5.41, 5.74) is 6.17. The number of hydrogen-bond acceptors (Lipinski definition) is 3. The molecule has 5 heteroatoms. The van der Waals surface area contributed by atoms with Crippen molar-refractivity contribution in [2.75, 3.05) is 39.3 Å². The molecule has 3 aliphatic rings. The Morgan fingerprint density at radius 2 is 2.10 bits per heavy atom. The van der Waals surface area contributed by atoms with E-state index in [1.54, 1.807) is 0 Å². The standard InChI is InChI=1S/C16H30N4O/c1-13-5-4-8-20(10-13)16(17)18-9-15-11-19-7-3-2-6-14(19)12-21-15/h13-15H,2-12H2,1H3,(H2,17,18). The van der Waals surface area contributed by atoms with Crippen LogP contribution in [-0.2, 0) is 4.74 Å². The highest BCUT2D eigenvalue weighted by Crippen LogP contribution is 2.22. The van der Waals surface area contributed by atoms with Gasteiger partial charge in [0, 0.05) is 25.7 Å². The van der Waals surface area contributed by atoms with Crippen molar-refractivity contribution in [3.05, 3.63) is 0 Å². The van der Waals surface area contributed by atoms with E-state index in [4.69, 9.17) is 10.5 Å². The predicted molar refractivity (Wildman–Crippen MR) is 85.4 cm³/mol. The Labute approximate surface area is 128 Å². The smallest absolute Gasteiger partial charge is 0.191 e. The van der Waals surface area contributed by atoms with Crippen LogP contribution >= 0.6 is 0 Å². The highest BCUT2D eigenvalue weighted by molar-refractivity contribution is 5.78. The van der Waals surface area contributed by atoms with E-state index in [0.717, 1.165) is 32.2 Å². The van der Waals surface area contributed by atoms with E-state index >= 15 is 0 Å². The van der Waals surface area contributed by atoms with E-state index < -0.39 is 0 Å². The number of aliphatic imine (C=N–C) groups is 1. The zero-order valence-electron chi connectivity index (χ0n) is 13.3. The monoisotopic (exact) mass is 294 g/mol. The van der Waals surface area contributed by atoms with Crippen molar-refractivity contribution >= 4 is 5.96 Å². The van der Waals surface area contributed by atoms with Crippen molar-refractivity contribution in [2.24, 2.45) is 16.6 Å². The number of hydrogen-bond donors (Lipinski definition) is 1. The fourth-order valence-electron chi connectivity index (χ4n) is 3.85. The first-order chi connectivity index (χ1) is 10.2. The van der Waals surface area contributed by atoms with E-state index in [-0.39, 0.29) is 6.10 Å². The summed E-state index contributed by atoms with van der Waals surface area (Å²) in [6.45, 7) is 8.24. The van der Waals surface area contributed by atoms with Crippen molar-refractivity contribution in [1.29, 1.82) is 0 Å². The second-order valence-electron chi connectivity index (χ2n) is 6.99. The summed E-state index contributed by atoms with van der Waals surface area (Å²) in [7, 11) is 0. The molecule has 0 aromatic heterocycles. The van der Waals surface area contributed by atoms with Crippen LogP contribution in [0.2, 0.25) is 0 Å². The Bertz CT molecular complexity index is 373. The number of fused-ring (bicyclic) bond motifs is 1. The number of likely N-dealkylation sites (tertiary alicyclic amines) is 1. The molecule has 3 rings (SSSR count). The zero-order valence-corrected chi connectivity index (χ0v) is 13.3. The van der Waals surface area contributed by atoms with Crippen LogP contribution in [0.15, 0.2) is 4.99 Å². The molecule has 120 valence electrons. The summed E-state index contributed by atoms with van der Waals surface area (Å²) < 4.78 is 5.98. The van der Waals surface area contributed by atoms with Gasteiger partial charge >= 0.3 is 0 Å². The van der Waals surface area contributed by atoms with Gasteiger partial charge in [-0.05, 0) is 38.1 Å². The largest absolute Gasteiger partial charge is 0.373 e. The highest BCUT2D eigenvalue weighted by Gasteiger charge is 2.30. The van der Waals surface area contributed by atoms with E-state index in [9.17, 15) is 0 Å². The fourth-order valence-corrected chi connectivity index (χ4v) is 3.85. The maximum atomic E-state index is 6.17. The Morgan fingerprint density at radius 1 is 1.19 bits per heavy atom. The van der Waals surface area contributed by atoms with Crippen molar-refractivity contribution in [3.8, 4) is 0 Å². The van der Waals surface area contributed by atoms with Gasteiger partial charge in [0.25, 0.3) is 0 Å². The normalized spacial score (nSPS) is 35.6. The second-order valence-corrected chi connectivity index (χ2v) is 6.99. The lowest BCUT2D eigenvalue weighted by atomic mass is 10.0. The minimum Gasteiger partial charge on any atom is -0.373 e. The molecule has 21 heavy (non-hydrogen) atoms. The summed E-state index contributed by atoms with van der Waals surface area (Å²) in [6.07, 6.45) is 6.75. The van der Waals surface area contributed by atoms with Crippen LogP contribution in [0.25, 0.3) is 0 Å². The third-order valence-corrected chi connectivity index (χ3v) is 5.15. The SMILES string of the molecule is CC1CCCN(C(N)=NCC2CN3CCCCC3CO2)C1. The molecule has 0 amide bonds. The van der Waals surface area contributed by atoms with E-state index in [1.165, 1.54) is 38.6 Å². The van der Waals surface area contributed by atoms with Gasteiger partial charge in [-0.15, -0.1) is 0 Å². The van der Waals surface area contributed by atoms with E-state index in [1.807, 2.05) is 0 Å². The molecule has 0 aliphatic carbocycles. The molecule has 0 aromatic carbocycles. The lowest BCUT2D eigenvalue weighted by molar-refractivity contribution is -0.0703. The van der Waals surface area contributed by atoms with Crippen LogP contribution in [-0.4, -0.2) is 67.2 Å². The fraction of sp³-hybridized carbons (Fsp3) is 0.938. The van der Waals surface area contributed by atoms with Gasteiger partial charge in [-0.2, -0.15) is 0 Å². The third-order valence-electron chi connectivity index (χ3n) is 5.15. The highest BCUT2D eigenvalue weighted by atomic mass is 16.5. The van der Waals surface area contributed by atoms with E-state index in [0.29, 0.717) is 18.5 Å². The number of morpholine rings is 1. The van der Waals surface area contributed by atoms with Crippen molar-refractivity contribution in [1.82, 2.24) is 9.80 Å². The summed E-state index contributed by atoms with van der Waals surface area (Å²) >= 11 is 0. The van der Waals surface area contributed by atoms with Gasteiger partial charge in [-0.25, -0.2) is 0 Å². The lowest BCUT2D eigenvalue weighted by Gasteiger charge is -2.42. The first-order valence-electron chi connectivity index (χ1n) is 8.63. The summed E-state index contributed by atoms with van der Waals surface area (Å²) in [5.74, 6) is 1.44. The van der Waals surface area contributed by atoms with Gasteiger partial charge in [0.15, 0.2) is 5.96 Å². The molecule has 3 atom stereocenters. The Hall–Kier alpha value is -0.810. The maximum Gasteiger partial charge on any atom is 0.191 e. The maximum absolute atomic E-state index is 6.17. The van der Waals surface area contributed by atoms with Crippen LogP contribution < -0.4 is 5.73 Å². The average molecular weight is 294 g/mol. The number of rotatable bonds is 2. The third kappa shape index (κ3) is 3.89. The van der Waals surface area contributed by atoms with Gasteiger partial charge in [0.05, 0.1) is 19.3 Å². The Morgan fingerprint density at radius 3 is 2.95 bits per heavy atom. The Balaban J connectivity index is 1.48. The molecule has 0 radical (unpaired) electrons. The molecule has 0 aromatic rings. The van der Waals surface area contributed by atoms with Crippen LogP contribution in [0.4, 0.5) is 0 Å². The first-order valence-corrected chi connectivity index (χ1v) is 8.63. The summed E-state index contributed by atoms with van der Waals surface area (Å²) in [5, 5.41) is 0. The quantitative estimate of drug-likeness (QED) is 0.616. The number of ether oxygens (including phenoxy) is 1. The number of nitrogens with two attached hydrogens (primary N) is 1. The number of guanidine groups is 1. The van der Waals surface area contributed by atoms with Gasteiger partial charge in [0.1, 0.15) is 0 Å². The van der Waals surface area contributed by atoms with Gasteiger partial charge < -0.3 is 15.4 Å². The predicted octanol–water partition coefficient (Wildman–Crippen LogP) is 1.29. The molecule has 0 spiro atoms. The minimum absolute atomic E-state index is 0.222. The zero-order chi connectivity index (χ0) is 14.7. The van der Waals surface area contributed by atoms with Crippen LogP contribution in [0.1, 0.15) is 39.0 Å². The van der Waals surface area contributed by atoms with Crippen molar-refractivity contribution in [2.45, 2.75) is 51.2 Å². The van der Waals surface area contributed by atoms with Crippen molar-refractivity contribution in [3.63, 3.8) is 0 Å².